The maximum Gasteiger partial charge on any atom is 0.495 e. The molecule has 2 aliphatic heterocycles. The third-order valence-electron chi connectivity index (χ3n) is 5.13. The SMILES string of the molecule is Cc1c(B2OC(C)(C)C(C)(C)O2)cc2c(c1Cl)O[C@@H](C)CNC2=O. The summed E-state index contributed by atoms with van der Waals surface area (Å²) in [6.45, 7) is 12.2. The lowest BCUT2D eigenvalue weighted by Crippen LogP contribution is -2.41. The molecule has 0 saturated carbocycles. The van der Waals surface area contributed by atoms with Gasteiger partial charge < -0.3 is 19.4 Å². The molecule has 2 aliphatic rings. The van der Waals surface area contributed by atoms with Crippen LogP contribution in [0.2, 0.25) is 5.02 Å². The molecule has 7 heteroatoms. The third kappa shape index (κ3) is 2.70. The maximum absolute atomic E-state index is 12.4. The zero-order chi connectivity index (χ0) is 17.9. The van der Waals surface area contributed by atoms with Crippen LogP contribution in [-0.4, -0.2) is 36.9 Å². The molecule has 0 aromatic heterocycles. The average molecular weight is 352 g/mol. The summed E-state index contributed by atoms with van der Waals surface area (Å²) < 4.78 is 18.1. The minimum atomic E-state index is -0.578. The molecule has 0 aliphatic carbocycles. The lowest BCUT2D eigenvalue weighted by molar-refractivity contribution is 0.00578. The standard InChI is InChI=1S/C17H23BClNO4/c1-9-8-20-15(21)11-7-12(10(2)13(19)14(11)22-9)18-23-16(3,4)17(5,6)24-18/h7,9H,8H2,1-6H3,(H,20,21)/t9-/m0/s1. The van der Waals surface area contributed by atoms with Gasteiger partial charge in [0.1, 0.15) is 6.10 Å². The van der Waals surface area contributed by atoms with Crippen LogP contribution in [0.3, 0.4) is 0 Å². The van der Waals surface area contributed by atoms with Gasteiger partial charge in [0.05, 0.1) is 28.3 Å². The van der Waals surface area contributed by atoms with E-state index in [1.165, 1.54) is 0 Å². The molecule has 24 heavy (non-hydrogen) atoms. The number of carbonyl (C=O) groups is 1. The zero-order valence-electron chi connectivity index (χ0n) is 15.0. The van der Waals surface area contributed by atoms with Gasteiger partial charge in [0, 0.05) is 0 Å². The van der Waals surface area contributed by atoms with Crippen LogP contribution in [0.15, 0.2) is 6.07 Å². The smallest absolute Gasteiger partial charge is 0.486 e. The summed E-state index contributed by atoms with van der Waals surface area (Å²) in [5.41, 5.74) is 1.05. The Morgan fingerprint density at radius 1 is 1.25 bits per heavy atom. The topological polar surface area (TPSA) is 56.8 Å². The summed E-state index contributed by atoms with van der Waals surface area (Å²) in [5, 5.41) is 3.27. The van der Waals surface area contributed by atoms with Crippen molar-refractivity contribution in [3.63, 3.8) is 0 Å². The summed E-state index contributed by atoms with van der Waals surface area (Å²) in [5.74, 6) is 0.228. The molecule has 1 amide bonds. The Bertz CT molecular complexity index is 688. The van der Waals surface area contributed by atoms with Crippen LogP contribution in [0.1, 0.15) is 50.5 Å². The quantitative estimate of drug-likeness (QED) is 0.790. The number of nitrogens with one attached hydrogen (secondary N) is 1. The van der Waals surface area contributed by atoms with Crippen LogP contribution >= 0.6 is 11.6 Å². The van der Waals surface area contributed by atoms with E-state index in [-0.39, 0.29) is 12.0 Å². The van der Waals surface area contributed by atoms with Crippen LogP contribution in [0.25, 0.3) is 0 Å². The average Bonchev–Trinajstić information content (AvgIpc) is 2.60. The van der Waals surface area contributed by atoms with Gasteiger partial charge in [-0.3, -0.25) is 4.79 Å². The second-order valence-corrected chi connectivity index (χ2v) is 7.89. The first-order valence-corrected chi connectivity index (χ1v) is 8.55. The largest absolute Gasteiger partial charge is 0.495 e. The number of carbonyl (C=O) groups excluding carboxylic acids is 1. The summed E-state index contributed by atoms with van der Waals surface area (Å²) >= 11 is 6.52. The van der Waals surface area contributed by atoms with E-state index in [0.717, 1.165) is 11.0 Å². The number of amides is 1. The summed E-state index contributed by atoms with van der Waals surface area (Å²) in [6, 6.07) is 1.77. The van der Waals surface area contributed by atoms with Crippen LogP contribution in [0.5, 0.6) is 5.75 Å². The van der Waals surface area contributed by atoms with Gasteiger partial charge >= 0.3 is 7.12 Å². The van der Waals surface area contributed by atoms with E-state index >= 15 is 0 Å². The molecule has 0 bridgehead atoms. The lowest BCUT2D eigenvalue weighted by atomic mass is 9.75. The molecule has 130 valence electrons. The number of hydrogen-bond donors (Lipinski definition) is 1. The first-order chi connectivity index (χ1) is 11.0. The van der Waals surface area contributed by atoms with E-state index in [1.54, 1.807) is 6.07 Å². The molecule has 0 unspecified atom stereocenters. The summed E-state index contributed by atoms with van der Waals surface area (Å²) in [7, 11) is -0.578. The molecular formula is C17H23BClNO4. The summed E-state index contributed by atoms with van der Waals surface area (Å²) in [4.78, 5) is 12.4. The van der Waals surface area contributed by atoms with Crippen molar-refractivity contribution in [2.24, 2.45) is 0 Å². The van der Waals surface area contributed by atoms with E-state index in [2.05, 4.69) is 5.32 Å². The molecule has 5 nitrogen and oxygen atoms in total. The van der Waals surface area contributed by atoms with Crippen molar-refractivity contribution in [1.82, 2.24) is 5.32 Å². The molecular weight excluding hydrogens is 328 g/mol. The van der Waals surface area contributed by atoms with Gasteiger partial charge in [-0.25, -0.2) is 0 Å². The Morgan fingerprint density at radius 2 is 1.83 bits per heavy atom. The molecule has 1 saturated heterocycles. The normalized spacial score (nSPS) is 24.9. The Balaban J connectivity index is 2.09. The number of hydrogen-bond acceptors (Lipinski definition) is 4. The van der Waals surface area contributed by atoms with Gasteiger partial charge in [0.15, 0.2) is 5.75 Å². The predicted octanol–water partition coefficient (Wildman–Crippen LogP) is 2.46. The molecule has 1 N–H and O–H groups in total. The monoisotopic (exact) mass is 351 g/mol. The highest BCUT2D eigenvalue weighted by Gasteiger charge is 2.52. The van der Waals surface area contributed by atoms with Gasteiger partial charge in [-0.15, -0.1) is 0 Å². The predicted molar refractivity (Wildman–Crippen MR) is 94.3 cm³/mol. The third-order valence-corrected chi connectivity index (χ3v) is 5.58. The van der Waals surface area contributed by atoms with Gasteiger partial charge in [-0.1, -0.05) is 11.6 Å². The molecule has 1 aromatic carbocycles. The number of ether oxygens (including phenoxy) is 1. The Labute approximate surface area is 148 Å². The Morgan fingerprint density at radius 3 is 2.42 bits per heavy atom. The van der Waals surface area contributed by atoms with Gasteiger partial charge in [0.25, 0.3) is 5.91 Å². The van der Waals surface area contributed by atoms with Crippen molar-refractivity contribution in [3.05, 3.63) is 22.2 Å². The van der Waals surface area contributed by atoms with Crippen LogP contribution in [-0.2, 0) is 9.31 Å². The zero-order valence-corrected chi connectivity index (χ0v) is 15.7. The Hall–Kier alpha value is -1.24. The van der Waals surface area contributed by atoms with Gasteiger partial charge in [-0.05, 0) is 58.6 Å². The number of fused-ring (bicyclic) bond motifs is 1. The van der Waals surface area contributed by atoms with Crippen LogP contribution in [0.4, 0.5) is 0 Å². The van der Waals surface area contributed by atoms with Crippen molar-refractivity contribution >= 4 is 30.1 Å². The van der Waals surface area contributed by atoms with E-state index < -0.39 is 18.3 Å². The first-order valence-electron chi connectivity index (χ1n) is 8.17. The fourth-order valence-corrected chi connectivity index (χ4v) is 3.07. The maximum atomic E-state index is 12.4. The summed E-state index contributed by atoms with van der Waals surface area (Å²) in [6.07, 6.45) is -0.144. The van der Waals surface area contributed by atoms with Crippen LogP contribution < -0.4 is 15.5 Å². The van der Waals surface area contributed by atoms with E-state index in [1.807, 2.05) is 41.5 Å². The molecule has 2 heterocycles. The number of halogens is 1. The first kappa shape index (κ1) is 17.6. The molecule has 0 radical (unpaired) electrons. The van der Waals surface area contributed by atoms with Crippen molar-refractivity contribution in [2.45, 2.75) is 58.8 Å². The molecule has 1 aromatic rings. The highest BCUT2D eigenvalue weighted by atomic mass is 35.5. The van der Waals surface area contributed by atoms with Crippen molar-refractivity contribution in [1.29, 1.82) is 0 Å². The molecule has 1 atom stereocenters. The highest BCUT2D eigenvalue weighted by Crippen LogP contribution is 2.39. The fraction of sp³-hybridized carbons (Fsp3) is 0.588. The second kappa shape index (κ2) is 5.65. The highest BCUT2D eigenvalue weighted by molar-refractivity contribution is 6.63. The van der Waals surface area contributed by atoms with Crippen molar-refractivity contribution in [2.75, 3.05) is 6.54 Å². The van der Waals surface area contributed by atoms with E-state index in [4.69, 9.17) is 25.6 Å². The van der Waals surface area contributed by atoms with Crippen molar-refractivity contribution in [3.8, 4) is 5.75 Å². The van der Waals surface area contributed by atoms with E-state index in [0.29, 0.717) is 22.9 Å². The van der Waals surface area contributed by atoms with Crippen LogP contribution in [0, 0.1) is 6.92 Å². The number of benzene rings is 1. The minimum Gasteiger partial charge on any atom is -0.486 e. The number of rotatable bonds is 1. The molecule has 0 spiro atoms. The fourth-order valence-electron chi connectivity index (χ4n) is 2.82. The second-order valence-electron chi connectivity index (χ2n) is 7.51. The van der Waals surface area contributed by atoms with Crippen molar-refractivity contribution < 1.29 is 18.8 Å². The van der Waals surface area contributed by atoms with Gasteiger partial charge in [-0.2, -0.15) is 0 Å². The van der Waals surface area contributed by atoms with Gasteiger partial charge in [0.2, 0.25) is 0 Å². The Kier molecular flexibility index (Phi) is 4.14. The van der Waals surface area contributed by atoms with E-state index in [9.17, 15) is 4.79 Å². The lowest BCUT2D eigenvalue weighted by Gasteiger charge is -2.32. The molecule has 1 fully saturated rings. The minimum absolute atomic E-state index is 0.144. The molecule has 3 rings (SSSR count).